The molecule has 1 aliphatic rings. The lowest BCUT2D eigenvalue weighted by molar-refractivity contribution is -0.277. The molecule has 0 aromatic heterocycles. The second-order valence-corrected chi connectivity index (χ2v) is 4.76. The number of rotatable bonds is 3. The first-order valence-corrected chi connectivity index (χ1v) is 6.21. The molecule has 1 heterocycles. The SMILES string of the molecule is Cc1cc(O[C@@H]2O[C@@H](CO)[C@@H](O)[C@@H](O)[C@@H]2O)ccc1O. The highest BCUT2D eigenvalue weighted by atomic mass is 16.7. The van der Waals surface area contributed by atoms with Crippen molar-refractivity contribution in [1.29, 1.82) is 0 Å². The lowest BCUT2D eigenvalue weighted by Gasteiger charge is -2.39. The van der Waals surface area contributed by atoms with E-state index in [1.54, 1.807) is 6.92 Å². The summed E-state index contributed by atoms with van der Waals surface area (Å²) >= 11 is 0. The van der Waals surface area contributed by atoms with Crippen molar-refractivity contribution >= 4 is 0 Å². The molecule has 0 radical (unpaired) electrons. The van der Waals surface area contributed by atoms with E-state index in [4.69, 9.17) is 14.6 Å². The minimum Gasteiger partial charge on any atom is -0.508 e. The Labute approximate surface area is 115 Å². The Morgan fingerprint density at radius 2 is 1.85 bits per heavy atom. The van der Waals surface area contributed by atoms with E-state index in [2.05, 4.69) is 0 Å². The lowest BCUT2D eigenvalue weighted by Crippen LogP contribution is -2.60. The Balaban J connectivity index is 2.13. The standard InChI is InChI=1S/C13H18O7/c1-6-4-7(2-3-8(6)15)19-13-12(18)11(17)10(16)9(5-14)20-13/h2-4,9-18H,5H2,1H3/t9-,10+,11+,12-,13+/m0/s1. The molecule has 1 aromatic rings. The number of benzene rings is 1. The van der Waals surface area contributed by atoms with Crippen LogP contribution < -0.4 is 4.74 Å². The van der Waals surface area contributed by atoms with Gasteiger partial charge in [0.25, 0.3) is 0 Å². The van der Waals surface area contributed by atoms with E-state index in [1.165, 1.54) is 18.2 Å². The van der Waals surface area contributed by atoms with Crippen LogP contribution in [-0.2, 0) is 4.74 Å². The third kappa shape index (κ3) is 2.87. The van der Waals surface area contributed by atoms with Crippen molar-refractivity contribution in [3.63, 3.8) is 0 Å². The molecule has 1 saturated heterocycles. The number of hydrogen-bond acceptors (Lipinski definition) is 7. The van der Waals surface area contributed by atoms with Gasteiger partial charge >= 0.3 is 0 Å². The van der Waals surface area contributed by atoms with Crippen LogP contribution in [0, 0.1) is 6.92 Å². The van der Waals surface area contributed by atoms with Gasteiger partial charge in [-0.1, -0.05) is 0 Å². The third-order valence-electron chi connectivity index (χ3n) is 3.27. The molecule has 5 atom stereocenters. The van der Waals surface area contributed by atoms with Crippen molar-refractivity contribution in [3.05, 3.63) is 23.8 Å². The Morgan fingerprint density at radius 3 is 2.45 bits per heavy atom. The number of phenols is 1. The quantitative estimate of drug-likeness (QED) is 0.477. The van der Waals surface area contributed by atoms with E-state index >= 15 is 0 Å². The molecule has 112 valence electrons. The predicted molar refractivity (Wildman–Crippen MR) is 67.2 cm³/mol. The van der Waals surface area contributed by atoms with Gasteiger partial charge in [-0.15, -0.1) is 0 Å². The molecule has 5 N–H and O–H groups in total. The summed E-state index contributed by atoms with van der Waals surface area (Å²) in [6, 6.07) is 4.44. The fourth-order valence-corrected chi connectivity index (χ4v) is 2.00. The van der Waals surface area contributed by atoms with Crippen LogP contribution in [0.1, 0.15) is 5.56 Å². The lowest BCUT2D eigenvalue weighted by atomic mass is 9.99. The second-order valence-electron chi connectivity index (χ2n) is 4.76. The van der Waals surface area contributed by atoms with E-state index in [0.29, 0.717) is 11.3 Å². The first-order chi connectivity index (χ1) is 9.43. The Hall–Kier alpha value is -1.38. The van der Waals surface area contributed by atoms with Crippen LogP contribution in [0.25, 0.3) is 0 Å². The van der Waals surface area contributed by atoms with Crippen LogP contribution in [0.5, 0.6) is 11.5 Å². The van der Waals surface area contributed by atoms with Crippen LogP contribution in [0.2, 0.25) is 0 Å². The highest BCUT2D eigenvalue weighted by Gasteiger charge is 2.44. The van der Waals surface area contributed by atoms with Gasteiger partial charge in [0.05, 0.1) is 6.61 Å². The Kier molecular flexibility index (Phi) is 4.46. The number of aryl methyl sites for hydroxylation is 1. The molecule has 0 spiro atoms. The van der Waals surface area contributed by atoms with Gasteiger partial charge in [-0.25, -0.2) is 0 Å². The highest BCUT2D eigenvalue weighted by Crippen LogP contribution is 2.27. The van der Waals surface area contributed by atoms with E-state index in [0.717, 1.165) is 0 Å². The van der Waals surface area contributed by atoms with Gasteiger partial charge in [-0.05, 0) is 30.7 Å². The maximum atomic E-state index is 9.82. The van der Waals surface area contributed by atoms with Crippen LogP contribution >= 0.6 is 0 Å². The van der Waals surface area contributed by atoms with Crippen LogP contribution in [0.3, 0.4) is 0 Å². The summed E-state index contributed by atoms with van der Waals surface area (Å²) in [5.74, 6) is 0.427. The summed E-state index contributed by atoms with van der Waals surface area (Å²) < 4.78 is 10.6. The van der Waals surface area contributed by atoms with Gasteiger partial charge in [0.15, 0.2) is 0 Å². The molecule has 0 saturated carbocycles. The number of aliphatic hydroxyl groups excluding tert-OH is 4. The molecule has 1 aliphatic heterocycles. The maximum Gasteiger partial charge on any atom is 0.229 e. The molecule has 0 unspecified atom stereocenters. The summed E-state index contributed by atoms with van der Waals surface area (Å²) in [5, 5.41) is 47.6. The molecule has 1 fully saturated rings. The Morgan fingerprint density at radius 1 is 1.15 bits per heavy atom. The topological polar surface area (TPSA) is 120 Å². The average Bonchev–Trinajstić information content (AvgIpc) is 2.43. The van der Waals surface area contributed by atoms with Crippen molar-refractivity contribution < 1.29 is 35.0 Å². The van der Waals surface area contributed by atoms with Crippen LogP contribution in [0.4, 0.5) is 0 Å². The minimum absolute atomic E-state index is 0.103. The number of ether oxygens (including phenoxy) is 2. The zero-order valence-electron chi connectivity index (χ0n) is 10.9. The van der Waals surface area contributed by atoms with Gasteiger partial charge in [0.2, 0.25) is 6.29 Å². The second kappa shape index (κ2) is 5.94. The summed E-state index contributed by atoms with van der Waals surface area (Å²) in [4.78, 5) is 0. The van der Waals surface area contributed by atoms with E-state index < -0.39 is 37.3 Å². The first-order valence-electron chi connectivity index (χ1n) is 6.21. The van der Waals surface area contributed by atoms with E-state index in [1.807, 2.05) is 0 Å². The van der Waals surface area contributed by atoms with Crippen molar-refractivity contribution in [2.75, 3.05) is 6.61 Å². The van der Waals surface area contributed by atoms with Crippen molar-refractivity contribution in [2.45, 2.75) is 37.6 Å². The maximum absolute atomic E-state index is 9.82. The largest absolute Gasteiger partial charge is 0.508 e. The van der Waals surface area contributed by atoms with Gasteiger partial charge in [0, 0.05) is 0 Å². The molecular weight excluding hydrogens is 268 g/mol. The zero-order valence-corrected chi connectivity index (χ0v) is 10.9. The minimum atomic E-state index is -1.48. The number of hydrogen-bond donors (Lipinski definition) is 5. The number of phenolic OH excluding ortho intramolecular Hbond substituents is 1. The van der Waals surface area contributed by atoms with Gasteiger partial charge in [-0.3, -0.25) is 0 Å². The van der Waals surface area contributed by atoms with Crippen molar-refractivity contribution in [2.24, 2.45) is 0 Å². The first kappa shape index (κ1) is 15.0. The molecule has 2 rings (SSSR count). The normalized spacial score (nSPS) is 34.0. The van der Waals surface area contributed by atoms with Crippen molar-refractivity contribution in [1.82, 2.24) is 0 Å². The number of aromatic hydroxyl groups is 1. The fourth-order valence-electron chi connectivity index (χ4n) is 2.00. The molecule has 7 heteroatoms. The van der Waals surface area contributed by atoms with Gasteiger partial charge < -0.3 is 35.0 Å². The van der Waals surface area contributed by atoms with Gasteiger partial charge in [-0.2, -0.15) is 0 Å². The predicted octanol–water partition coefficient (Wildman–Crippen LogP) is -1.12. The highest BCUT2D eigenvalue weighted by molar-refractivity contribution is 5.38. The van der Waals surface area contributed by atoms with E-state index in [-0.39, 0.29) is 5.75 Å². The third-order valence-corrected chi connectivity index (χ3v) is 3.27. The molecular formula is C13H18O7. The van der Waals surface area contributed by atoms with Gasteiger partial charge in [0.1, 0.15) is 35.9 Å². The molecule has 7 nitrogen and oxygen atoms in total. The molecule has 20 heavy (non-hydrogen) atoms. The summed E-state index contributed by atoms with van der Waals surface area (Å²) in [5.41, 5.74) is 0.576. The Bertz CT molecular complexity index is 462. The molecule has 0 aliphatic carbocycles. The molecule has 0 bridgehead atoms. The van der Waals surface area contributed by atoms with Crippen molar-refractivity contribution in [3.8, 4) is 11.5 Å². The summed E-state index contributed by atoms with van der Waals surface area (Å²) in [7, 11) is 0. The van der Waals surface area contributed by atoms with Crippen LogP contribution in [-0.4, -0.2) is 62.8 Å². The summed E-state index contributed by atoms with van der Waals surface area (Å²) in [6.07, 6.45) is -6.60. The zero-order chi connectivity index (χ0) is 14.9. The molecule has 1 aromatic carbocycles. The smallest absolute Gasteiger partial charge is 0.229 e. The number of aliphatic hydroxyl groups is 4. The average molecular weight is 286 g/mol. The fraction of sp³-hybridized carbons (Fsp3) is 0.538. The van der Waals surface area contributed by atoms with Crippen LogP contribution in [0.15, 0.2) is 18.2 Å². The molecule has 0 amide bonds. The van der Waals surface area contributed by atoms with E-state index in [9.17, 15) is 20.4 Å². The summed E-state index contributed by atoms with van der Waals surface area (Å²) in [6.45, 7) is 1.16. The monoisotopic (exact) mass is 286 g/mol.